The molecule has 23 heavy (non-hydrogen) atoms. The molecule has 1 heterocycles. The zero-order valence-electron chi connectivity index (χ0n) is 12.5. The number of Topliss-reactive ketones (excluding diaryl/α,β-unsaturated/α-hetero) is 1. The van der Waals surface area contributed by atoms with Gasteiger partial charge in [0.25, 0.3) is 0 Å². The molecule has 1 fully saturated rings. The number of nitrogens with one attached hydrogen (secondary N) is 1. The van der Waals surface area contributed by atoms with Crippen LogP contribution in [0.2, 0.25) is 5.02 Å². The van der Waals surface area contributed by atoms with Crippen molar-refractivity contribution in [1.29, 1.82) is 0 Å². The van der Waals surface area contributed by atoms with Crippen LogP contribution < -0.4 is 5.32 Å². The minimum Gasteiger partial charge on any atom is -0.371 e. The molecule has 3 nitrogen and oxygen atoms in total. The first kappa shape index (κ1) is 16.9. The van der Waals surface area contributed by atoms with E-state index in [0.717, 1.165) is 40.0 Å². The molecule has 2 aromatic carbocycles. The van der Waals surface area contributed by atoms with Crippen molar-refractivity contribution in [2.75, 3.05) is 19.7 Å². The molecule has 0 radical (unpaired) electrons. The molecule has 0 amide bonds. The van der Waals surface area contributed by atoms with Gasteiger partial charge in [-0.2, -0.15) is 0 Å². The molecule has 1 saturated heterocycles. The summed E-state index contributed by atoms with van der Waals surface area (Å²) in [5.74, 6) is 0.106. The summed E-state index contributed by atoms with van der Waals surface area (Å²) in [5, 5.41) is 3.97. The van der Waals surface area contributed by atoms with Crippen LogP contribution in [0.4, 0.5) is 0 Å². The van der Waals surface area contributed by atoms with Crippen LogP contribution in [0.25, 0.3) is 0 Å². The number of ketones is 1. The van der Waals surface area contributed by atoms with Gasteiger partial charge in [0.2, 0.25) is 0 Å². The zero-order chi connectivity index (χ0) is 16.2. The fourth-order valence-corrected chi connectivity index (χ4v) is 3.80. The largest absolute Gasteiger partial charge is 0.371 e. The second kappa shape index (κ2) is 7.75. The molecule has 2 aromatic rings. The van der Waals surface area contributed by atoms with Crippen LogP contribution in [0.15, 0.2) is 42.5 Å². The highest BCUT2D eigenvalue weighted by Crippen LogP contribution is 2.22. The maximum atomic E-state index is 12.5. The Morgan fingerprint density at radius 2 is 2.04 bits per heavy atom. The van der Waals surface area contributed by atoms with Gasteiger partial charge < -0.3 is 10.1 Å². The fourth-order valence-electron chi connectivity index (χ4n) is 2.63. The number of carbonyl (C=O) groups is 1. The van der Waals surface area contributed by atoms with Crippen LogP contribution in [0, 0.1) is 3.57 Å². The van der Waals surface area contributed by atoms with Crippen molar-refractivity contribution < 1.29 is 9.53 Å². The number of rotatable bonds is 4. The molecule has 1 aliphatic heterocycles. The van der Waals surface area contributed by atoms with Crippen molar-refractivity contribution in [1.82, 2.24) is 5.32 Å². The lowest BCUT2D eigenvalue weighted by molar-refractivity contribution is 0.0277. The lowest BCUT2D eigenvalue weighted by Crippen LogP contribution is -2.33. The van der Waals surface area contributed by atoms with E-state index in [1.165, 1.54) is 0 Å². The highest BCUT2D eigenvalue weighted by atomic mass is 127. The lowest BCUT2D eigenvalue weighted by atomic mass is 10.0. The van der Waals surface area contributed by atoms with E-state index >= 15 is 0 Å². The molecule has 1 aliphatic rings. The summed E-state index contributed by atoms with van der Waals surface area (Å²) < 4.78 is 6.63. The van der Waals surface area contributed by atoms with Crippen LogP contribution >= 0.6 is 34.2 Å². The summed E-state index contributed by atoms with van der Waals surface area (Å²) in [6.45, 7) is 2.48. The molecule has 120 valence electrons. The van der Waals surface area contributed by atoms with Gasteiger partial charge in [0, 0.05) is 33.7 Å². The summed E-state index contributed by atoms with van der Waals surface area (Å²) >= 11 is 8.09. The highest BCUT2D eigenvalue weighted by Gasteiger charge is 2.16. The molecule has 0 bridgehead atoms. The Balaban J connectivity index is 1.69. The van der Waals surface area contributed by atoms with Crippen molar-refractivity contribution in [3.63, 3.8) is 0 Å². The van der Waals surface area contributed by atoms with Gasteiger partial charge in [0.05, 0.1) is 12.7 Å². The molecule has 0 spiro atoms. The number of benzene rings is 2. The summed E-state index contributed by atoms with van der Waals surface area (Å²) in [6.07, 6.45) is 0.493. The van der Waals surface area contributed by atoms with Crippen LogP contribution in [-0.2, 0) is 11.2 Å². The van der Waals surface area contributed by atoms with E-state index in [1.54, 1.807) is 12.1 Å². The SMILES string of the molecule is O=C(Cc1ccc([C@H]2CNCCO2)cc1)c1ccc(Cl)cc1I. The maximum absolute atomic E-state index is 12.5. The second-order valence-corrected chi connectivity index (χ2v) is 7.13. The predicted molar refractivity (Wildman–Crippen MR) is 100 cm³/mol. The molecule has 1 N–H and O–H groups in total. The number of hydrogen-bond acceptors (Lipinski definition) is 3. The third-order valence-electron chi connectivity index (χ3n) is 3.88. The number of morpholine rings is 1. The molecule has 0 aromatic heterocycles. The maximum Gasteiger partial charge on any atom is 0.168 e. The van der Waals surface area contributed by atoms with Gasteiger partial charge >= 0.3 is 0 Å². The van der Waals surface area contributed by atoms with Gasteiger partial charge in [-0.3, -0.25) is 4.79 Å². The van der Waals surface area contributed by atoms with Gasteiger partial charge in [0.15, 0.2) is 5.78 Å². The van der Waals surface area contributed by atoms with E-state index in [4.69, 9.17) is 16.3 Å². The van der Waals surface area contributed by atoms with Gasteiger partial charge in [0.1, 0.15) is 0 Å². The minimum atomic E-state index is 0.103. The van der Waals surface area contributed by atoms with E-state index in [1.807, 2.05) is 30.3 Å². The van der Waals surface area contributed by atoms with E-state index in [2.05, 4.69) is 27.9 Å². The van der Waals surface area contributed by atoms with Crippen molar-refractivity contribution in [3.8, 4) is 0 Å². The van der Waals surface area contributed by atoms with Crippen molar-refractivity contribution in [2.45, 2.75) is 12.5 Å². The van der Waals surface area contributed by atoms with Gasteiger partial charge in [-0.1, -0.05) is 35.9 Å². The third-order valence-corrected chi connectivity index (χ3v) is 5.00. The number of halogens is 2. The third kappa shape index (κ3) is 4.32. The Labute approximate surface area is 154 Å². The first-order valence-corrected chi connectivity index (χ1v) is 8.98. The standard InChI is InChI=1S/C18H17ClINO2/c19-14-5-6-15(16(20)10-14)17(22)9-12-1-3-13(4-2-12)18-11-21-7-8-23-18/h1-6,10,18,21H,7-9,11H2/t18-/m1/s1. The van der Waals surface area contributed by atoms with E-state index < -0.39 is 0 Å². The Bertz CT molecular complexity index is 697. The molecule has 0 saturated carbocycles. The van der Waals surface area contributed by atoms with Crippen LogP contribution in [-0.4, -0.2) is 25.5 Å². The number of hydrogen-bond donors (Lipinski definition) is 1. The van der Waals surface area contributed by atoms with Crippen molar-refractivity contribution in [3.05, 3.63) is 67.7 Å². The molecule has 5 heteroatoms. The molecule has 1 atom stereocenters. The van der Waals surface area contributed by atoms with Crippen molar-refractivity contribution >= 4 is 40.0 Å². The Morgan fingerprint density at radius 1 is 1.26 bits per heavy atom. The average Bonchev–Trinajstić information content (AvgIpc) is 2.56. The Kier molecular flexibility index (Phi) is 5.69. The summed E-state index contributed by atoms with van der Waals surface area (Å²) in [7, 11) is 0. The second-order valence-electron chi connectivity index (χ2n) is 5.53. The first-order chi connectivity index (χ1) is 11.1. The summed E-state index contributed by atoms with van der Waals surface area (Å²) in [5.41, 5.74) is 2.88. The fraction of sp³-hybridized carbons (Fsp3) is 0.278. The van der Waals surface area contributed by atoms with Gasteiger partial charge in [-0.15, -0.1) is 0 Å². The Morgan fingerprint density at radius 3 is 2.70 bits per heavy atom. The van der Waals surface area contributed by atoms with Crippen LogP contribution in [0.1, 0.15) is 27.6 Å². The predicted octanol–water partition coefficient (Wildman–Crippen LogP) is 4.03. The molecular formula is C18H17ClINO2. The number of ether oxygens (including phenoxy) is 1. The zero-order valence-corrected chi connectivity index (χ0v) is 15.4. The normalized spacial score (nSPS) is 17.9. The van der Waals surface area contributed by atoms with E-state index in [9.17, 15) is 4.79 Å². The van der Waals surface area contributed by atoms with Crippen LogP contribution in [0.3, 0.4) is 0 Å². The quantitative estimate of drug-likeness (QED) is 0.575. The lowest BCUT2D eigenvalue weighted by Gasteiger charge is -2.24. The smallest absolute Gasteiger partial charge is 0.168 e. The van der Waals surface area contributed by atoms with E-state index in [0.29, 0.717) is 11.4 Å². The highest BCUT2D eigenvalue weighted by molar-refractivity contribution is 14.1. The topological polar surface area (TPSA) is 38.3 Å². The van der Waals surface area contributed by atoms with Crippen LogP contribution in [0.5, 0.6) is 0 Å². The molecule has 0 unspecified atom stereocenters. The first-order valence-electron chi connectivity index (χ1n) is 7.53. The minimum absolute atomic E-state index is 0.103. The molecule has 3 rings (SSSR count). The monoisotopic (exact) mass is 441 g/mol. The number of carbonyl (C=O) groups excluding carboxylic acids is 1. The summed E-state index contributed by atoms with van der Waals surface area (Å²) in [6, 6.07) is 13.5. The van der Waals surface area contributed by atoms with Gasteiger partial charge in [-0.25, -0.2) is 0 Å². The average molecular weight is 442 g/mol. The molecule has 0 aliphatic carbocycles. The molecular weight excluding hydrogens is 425 g/mol. The summed E-state index contributed by atoms with van der Waals surface area (Å²) in [4.78, 5) is 12.5. The van der Waals surface area contributed by atoms with Gasteiger partial charge in [-0.05, 0) is 51.9 Å². The van der Waals surface area contributed by atoms with Crippen molar-refractivity contribution in [2.24, 2.45) is 0 Å². The van der Waals surface area contributed by atoms with E-state index in [-0.39, 0.29) is 11.9 Å². The Hall–Kier alpha value is -0.950.